The Balaban J connectivity index is 2.07. The predicted octanol–water partition coefficient (Wildman–Crippen LogP) is 3.00. The van der Waals surface area contributed by atoms with Crippen LogP contribution in [0.25, 0.3) is 22.6 Å². The number of benzene rings is 2. The number of hydrogen-bond acceptors (Lipinski definition) is 5. The monoisotopic (exact) mass is 285 g/mol. The first-order chi connectivity index (χ1) is 10.2. The van der Waals surface area contributed by atoms with Gasteiger partial charge in [-0.3, -0.25) is 0 Å². The molecule has 0 aliphatic rings. The second kappa shape index (κ2) is 5.46. The molecule has 5 heteroatoms. The summed E-state index contributed by atoms with van der Waals surface area (Å²) in [6.45, 7) is -0.0255. The highest BCUT2D eigenvalue weighted by molar-refractivity contribution is 5.77. The van der Waals surface area contributed by atoms with E-state index in [9.17, 15) is 0 Å². The van der Waals surface area contributed by atoms with Gasteiger partial charge in [0.15, 0.2) is 17.1 Å². The van der Waals surface area contributed by atoms with Gasteiger partial charge in [0.1, 0.15) is 5.52 Å². The quantitative estimate of drug-likeness (QED) is 0.798. The van der Waals surface area contributed by atoms with Gasteiger partial charge in [-0.1, -0.05) is 6.07 Å². The molecule has 108 valence electrons. The molecule has 0 aliphatic carbocycles. The highest BCUT2D eigenvalue weighted by Crippen LogP contribution is 2.33. The Morgan fingerprint density at radius 3 is 2.57 bits per heavy atom. The normalized spacial score (nSPS) is 10.8. The third-order valence-electron chi connectivity index (χ3n) is 3.27. The molecule has 5 nitrogen and oxygen atoms in total. The molecule has 21 heavy (non-hydrogen) atoms. The number of aromatic nitrogens is 1. The smallest absolute Gasteiger partial charge is 0.227 e. The second-order valence-corrected chi connectivity index (χ2v) is 4.55. The molecule has 3 rings (SSSR count). The molecule has 0 spiro atoms. The van der Waals surface area contributed by atoms with Gasteiger partial charge < -0.3 is 19.0 Å². The SMILES string of the molecule is COc1ccc(-c2nc3ccc(CO)cc3o2)cc1OC. The topological polar surface area (TPSA) is 64.7 Å². The maximum Gasteiger partial charge on any atom is 0.227 e. The maximum atomic E-state index is 9.15. The lowest BCUT2D eigenvalue weighted by Crippen LogP contribution is -1.90. The zero-order valence-corrected chi connectivity index (χ0v) is 11.8. The fourth-order valence-electron chi connectivity index (χ4n) is 2.16. The van der Waals surface area contributed by atoms with Crippen LogP contribution in [0.4, 0.5) is 0 Å². The average Bonchev–Trinajstić information content (AvgIpc) is 2.96. The van der Waals surface area contributed by atoms with Crippen molar-refractivity contribution in [1.29, 1.82) is 0 Å². The molecule has 0 radical (unpaired) electrons. The molecule has 0 unspecified atom stereocenters. The van der Waals surface area contributed by atoms with Gasteiger partial charge in [-0.05, 0) is 35.9 Å². The first kappa shape index (κ1) is 13.5. The van der Waals surface area contributed by atoms with Crippen LogP contribution in [0.3, 0.4) is 0 Å². The number of fused-ring (bicyclic) bond motifs is 1. The number of aliphatic hydroxyl groups excluding tert-OH is 1. The number of aliphatic hydroxyl groups is 1. The van der Waals surface area contributed by atoms with Crippen LogP contribution in [0, 0.1) is 0 Å². The van der Waals surface area contributed by atoms with Crippen LogP contribution in [0.5, 0.6) is 11.5 Å². The van der Waals surface area contributed by atoms with E-state index in [2.05, 4.69) is 4.98 Å². The van der Waals surface area contributed by atoms with Crippen LogP contribution in [-0.2, 0) is 6.61 Å². The van der Waals surface area contributed by atoms with Crippen molar-refractivity contribution in [1.82, 2.24) is 4.98 Å². The van der Waals surface area contributed by atoms with E-state index in [0.29, 0.717) is 23.0 Å². The van der Waals surface area contributed by atoms with Crippen molar-refractivity contribution < 1.29 is 19.0 Å². The van der Waals surface area contributed by atoms with Crippen molar-refractivity contribution in [3.05, 3.63) is 42.0 Å². The molecule has 0 saturated carbocycles. The third-order valence-corrected chi connectivity index (χ3v) is 3.27. The lowest BCUT2D eigenvalue weighted by molar-refractivity contribution is 0.282. The molecule has 3 aromatic rings. The van der Waals surface area contributed by atoms with Gasteiger partial charge >= 0.3 is 0 Å². The summed E-state index contributed by atoms with van der Waals surface area (Å²) in [6, 6.07) is 10.9. The van der Waals surface area contributed by atoms with E-state index in [1.165, 1.54) is 0 Å². The van der Waals surface area contributed by atoms with Crippen molar-refractivity contribution in [2.75, 3.05) is 14.2 Å². The number of hydrogen-bond donors (Lipinski definition) is 1. The molecular weight excluding hydrogens is 270 g/mol. The van der Waals surface area contributed by atoms with Crippen molar-refractivity contribution in [2.45, 2.75) is 6.61 Å². The molecule has 0 aliphatic heterocycles. The van der Waals surface area contributed by atoms with E-state index in [0.717, 1.165) is 16.6 Å². The van der Waals surface area contributed by atoms with Gasteiger partial charge in [0, 0.05) is 5.56 Å². The molecule has 1 aromatic heterocycles. The molecule has 0 atom stereocenters. The van der Waals surface area contributed by atoms with Crippen LogP contribution in [0.2, 0.25) is 0 Å². The molecule has 0 bridgehead atoms. The predicted molar refractivity (Wildman–Crippen MR) is 78.5 cm³/mol. The highest BCUT2D eigenvalue weighted by Gasteiger charge is 2.12. The highest BCUT2D eigenvalue weighted by atomic mass is 16.5. The van der Waals surface area contributed by atoms with Gasteiger partial charge in [-0.25, -0.2) is 4.98 Å². The van der Waals surface area contributed by atoms with Crippen molar-refractivity contribution >= 4 is 11.1 Å². The average molecular weight is 285 g/mol. The fourth-order valence-corrected chi connectivity index (χ4v) is 2.16. The van der Waals surface area contributed by atoms with E-state index in [4.69, 9.17) is 19.0 Å². The first-order valence-corrected chi connectivity index (χ1v) is 6.48. The summed E-state index contributed by atoms with van der Waals surface area (Å²) >= 11 is 0. The lowest BCUT2D eigenvalue weighted by Gasteiger charge is -2.07. The largest absolute Gasteiger partial charge is 0.493 e. The van der Waals surface area contributed by atoms with E-state index >= 15 is 0 Å². The van der Waals surface area contributed by atoms with Gasteiger partial charge in [-0.15, -0.1) is 0 Å². The fraction of sp³-hybridized carbons (Fsp3) is 0.188. The first-order valence-electron chi connectivity index (χ1n) is 6.48. The van der Waals surface area contributed by atoms with Crippen LogP contribution in [0.1, 0.15) is 5.56 Å². The van der Waals surface area contributed by atoms with Crippen LogP contribution in [0.15, 0.2) is 40.8 Å². The molecule has 0 amide bonds. The Morgan fingerprint density at radius 2 is 1.86 bits per heavy atom. The Labute approximate surface area is 121 Å². The summed E-state index contributed by atoms with van der Waals surface area (Å²) in [5.41, 5.74) is 2.98. The lowest BCUT2D eigenvalue weighted by atomic mass is 10.2. The zero-order chi connectivity index (χ0) is 14.8. The number of methoxy groups -OCH3 is 2. The summed E-state index contributed by atoms with van der Waals surface area (Å²) < 4.78 is 16.2. The Kier molecular flexibility index (Phi) is 3.50. The van der Waals surface area contributed by atoms with Gasteiger partial charge in [0.2, 0.25) is 5.89 Å². The summed E-state index contributed by atoms with van der Waals surface area (Å²) in [5.74, 6) is 1.77. The molecular formula is C16H15NO4. The van der Waals surface area contributed by atoms with Crippen LogP contribution in [-0.4, -0.2) is 24.3 Å². The number of rotatable bonds is 4. The minimum absolute atomic E-state index is 0.0255. The van der Waals surface area contributed by atoms with Crippen molar-refractivity contribution in [2.24, 2.45) is 0 Å². The van der Waals surface area contributed by atoms with E-state index in [-0.39, 0.29) is 6.61 Å². The van der Waals surface area contributed by atoms with Gasteiger partial charge in [0.25, 0.3) is 0 Å². The Hall–Kier alpha value is -2.53. The Bertz CT molecular complexity index is 779. The van der Waals surface area contributed by atoms with E-state index in [1.54, 1.807) is 20.3 Å². The third kappa shape index (κ3) is 2.43. The van der Waals surface area contributed by atoms with Crippen molar-refractivity contribution in [3.63, 3.8) is 0 Å². The van der Waals surface area contributed by atoms with Crippen LogP contribution >= 0.6 is 0 Å². The molecule has 0 saturated heterocycles. The number of oxazole rings is 1. The summed E-state index contributed by atoms with van der Waals surface area (Å²) in [7, 11) is 3.18. The van der Waals surface area contributed by atoms with E-state index < -0.39 is 0 Å². The van der Waals surface area contributed by atoms with Crippen molar-refractivity contribution in [3.8, 4) is 23.0 Å². The minimum atomic E-state index is -0.0255. The Morgan fingerprint density at radius 1 is 1.05 bits per heavy atom. The maximum absolute atomic E-state index is 9.15. The summed E-state index contributed by atoms with van der Waals surface area (Å²) in [5, 5.41) is 9.15. The molecule has 1 heterocycles. The molecule has 1 N–H and O–H groups in total. The zero-order valence-electron chi connectivity index (χ0n) is 11.8. The van der Waals surface area contributed by atoms with Gasteiger partial charge in [0.05, 0.1) is 20.8 Å². The van der Waals surface area contributed by atoms with Crippen LogP contribution < -0.4 is 9.47 Å². The molecule has 2 aromatic carbocycles. The minimum Gasteiger partial charge on any atom is -0.493 e. The summed E-state index contributed by atoms with van der Waals surface area (Å²) in [4.78, 5) is 4.44. The second-order valence-electron chi connectivity index (χ2n) is 4.55. The standard InChI is InChI=1S/C16H15NO4/c1-19-13-6-4-11(8-15(13)20-2)16-17-12-5-3-10(9-18)7-14(12)21-16/h3-8,18H,9H2,1-2H3. The molecule has 0 fully saturated rings. The summed E-state index contributed by atoms with van der Waals surface area (Å²) in [6.07, 6.45) is 0. The number of ether oxygens (including phenoxy) is 2. The van der Waals surface area contributed by atoms with Gasteiger partial charge in [-0.2, -0.15) is 0 Å². The number of nitrogens with zero attached hydrogens (tertiary/aromatic N) is 1. The van der Waals surface area contributed by atoms with E-state index in [1.807, 2.05) is 30.3 Å².